The number of fused-ring (bicyclic) bond motifs is 1. The molecule has 4 aromatic rings. The summed E-state index contributed by atoms with van der Waals surface area (Å²) in [5.74, 6) is 1.66. The van der Waals surface area contributed by atoms with Gasteiger partial charge in [0, 0.05) is 23.6 Å². The molecule has 0 saturated heterocycles. The number of hydrogen-bond acceptors (Lipinski definition) is 6. The molecule has 158 valence electrons. The first-order valence-electron chi connectivity index (χ1n) is 10.0. The molecular weight excluding hydrogens is 404 g/mol. The van der Waals surface area contributed by atoms with Crippen LogP contribution in [0.2, 0.25) is 0 Å². The molecule has 0 spiro atoms. The van der Waals surface area contributed by atoms with E-state index in [4.69, 9.17) is 15.2 Å². The third-order valence-electron chi connectivity index (χ3n) is 5.65. The fourth-order valence-electron chi connectivity index (χ4n) is 4.03. The summed E-state index contributed by atoms with van der Waals surface area (Å²) in [4.78, 5) is 4.28. The molecule has 8 nitrogen and oxygen atoms in total. The molecule has 1 atom stereocenters. The number of nitrogens with zero attached hydrogens (tertiary/aromatic N) is 4. The molecule has 0 radical (unpaired) electrons. The SMILES string of the molecule is COc1ccc(-c2[nH]nc3c2C(c2ccc(-n4ccnc4C)cc2)C(C#N)=C(N)O3)cc1. The van der Waals surface area contributed by atoms with Crippen LogP contribution in [0.4, 0.5) is 0 Å². The number of allylic oxidation sites excluding steroid dienone is 1. The van der Waals surface area contributed by atoms with E-state index in [1.54, 1.807) is 13.3 Å². The average molecular weight is 424 g/mol. The molecule has 2 aromatic heterocycles. The Bertz CT molecular complexity index is 1360. The Morgan fingerprint density at radius 3 is 2.53 bits per heavy atom. The van der Waals surface area contributed by atoms with Gasteiger partial charge in [-0.25, -0.2) is 4.98 Å². The predicted octanol–water partition coefficient (Wildman–Crippen LogP) is 3.80. The van der Waals surface area contributed by atoms with Crippen LogP contribution in [-0.4, -0.2) is 26.9 Å². The highest BCUT2D eigenvalue weighted by atomic mass is 16.5. The van der Waals surface area contributed by atoms with E-state index in [0.29, 0.717) is 11.5 Å². The van der Waals surface area contributed by atoms with Crippen molar-refractivity contribution in [3.8, 4) is 34.6 Å². The highest BCUT2D eigenvalue weighted by Crippen LogP contribution is 2.45. The minimum atomic E-state index is -0.419. The molecule has 1 unspecified atom stereocenters. The van der Waals surface area contributed by atoms with Gasteiger partial charge in [0.15, 0.2) is 0 Å². The van der Waals surface area contributed by atoms with Gasteiger partial charge in [0.1, 0.15) is 23.2 Å². The molecule has 0 fully saturated rings. The summed E-state index contributed by atoms with van der Waals surface area (Å²) in [7, 11) is 1.62. The van der Waals surface area contributed by atoms with Crippen molar-refractivity contribution in [2.24, 2.45) is 5.73 Å². The van der Waals surface area contributed by atoms with Crippen molar-refractivity contribution in [3.63, 3.8) is 0 Å². The van der Waals surface area contributed by atoms with Gasteiger partial charge in [-0.15, -0.1) is 5.10 Å². The molecule has 0 amide bonds. The molecular formula is C24H20N6O2. The number of methoxy groups -OCH3 is 1. The van der Waals surface area contributed by atoms with Crippen molar-refractivity contribution >= 4 is 0 Å². The maximum absolute atomic E-state index is 9.90. The van der Waals surface area contributed by atoms with Gasteiger partial charge in [-0.2, -0.15) is 5.26 Å². The van der Waals surface area contributed by atoms with E-state index in [-0.39, 0.29) is 5.88 Å². The first kappa shape index (κ1) is 19.5. The summed E-state index contributed by atoms with van der Waals surface area (Å²) < 4.78 is 12.9. The summed E-state index contributed by atoms with van der Waals surface area (Å²) >= 11 is 0. The quantitative estimate of drug-likeness (QED) is 0.515. The molecule has 0 bridgehead atoms. The summed E-state index contributed by atoms with van der Waals surface area (Å²) in [6, 6.07) is 17.8. The van der Waals surface area contributed by atoms with Gasteiger partial charge in [-0.3, -0.25) is 5.10 Å². The number of H-pyrrole nitrogens is 1. The zero-order chi connectivity index (χ0) is 22.2. The highest BCUT2D eigenvalue weighted by Gasteiger charge is 2.35. The predicted molar refractivity (Wildman–Crippen MR) is 118 cm³/mol. The highest BCUT2D eigenvalue weighted by molar-refractivity contribution is 5.71. The first-order valence-corrected chi connectivity index (χ1v) is 10.0. The molecule has 3 heterocycles. The average Bonchev–Trinajstić information content (AvgIpc) is 3.44. The minimum Gasteiger partial charge on any atom is -0.497 e. The summed E-state index contributed by atoms with van der Waals surface area (Å²) in [6.45, 7) is 1.95. The number of aromatic nitrogens is 4. The second-order valence-corrected chi connectivity index (χ2v) is 7.41. The Kier molecular flexibility index (Phi) is 4.64. The molecule has 1 aliphatic rings. The number of benzene rings is 2. The monoisotopic (exact) mass is 424 g/mol. The Morgan fingerprint density at radius 2 is 1.91 bits per heavy atom. The third kappa shape index (κ3) is 3.08. The molecule has 0 saturated carbocycles. The number of aromatic amines is 1. The van der Waals surface area contributed by atoms with E-state index >= 15 is 0 Å². The lowest BCUT2D eigenvalue weighted by atomic mass is 9.83. The largest absolute Gasteiger partial charge is 0.497 e. The van der Waals surface area contributed by atoms with Gasteiger partial charge in [-0.1, -0.05) is 12.1 Å². The number of nitrogens with two attached hydrogens (primary N) is 1. The third-order valence-corrected chi connectivity index (χ3v) is 5.65. The molecule has 2 aromatic carbocycles. The van der Waals surface area contributed by atoms with Crippen molar-refractivity contribution in [2.45, 2.75) is 12.8 Å². The van der Waals surface area contributed by atoms with Gasteiger partial charge < -0.3 is 19.8 Å². The van der Waals surface area contributed by atoms with Gasteiger partial charge in [0.25, 0.3) is 0 Å². The zero-order valence-corrected chi connectivity index (χ0v) is 17.5. The number of nitriles is 1. The van der Waals surface area contributed by atoms with Crippen molar-refractivity contribution in [1.29, 1.82) is 5.26 Å². The lowest BCUT2D eigenvalue weighted by molar-refractivity contribution is 0.379. The lowest BCUT2D eigenvalue weighted by Gasteiger charge is -2.24. The fraction of sp³-hybridized carbons (Fsp3) is 0.125. The van der Waals surface area contributed by atoms with Gasteiger partial charge >= 0.3 is 0 Å². The van der Waals surface area contributed by atoms with Gasteiger partial charge in [-0.05, 0) is 48.9 Å². The van der Waals surface area contributed by atoms with Crippen LogP contribution in [-0.2, 0) is 0 Å². The van der Waals surface area contributed by atoms with Crippen LogP contribution in [0.3, 0.4) is 0 Å². The second-order valence-electron chi connectivity index (χ2n) is 7.41. The maximum atomic E-state index is 9.90. The van der Waals surface area contributed by atoms with Crippen LogP contribution in [0.25, 0.3) is 16.9 Å². The molecule has 0 aliphatic carbocycles. The summed E-state index contributed by atoms with van der Waals surface area (Å²) in [5.41, 5.74) is 10.8. The van der Waals surface area contributed by atoms with Gasteiger partial charge in [0.05, 0.1) is 24.3 Å². The molecule has 32 heavy (non-hydrogen) atoms. The smallest absolute Gasteiger partial charge is 0.244 e. The van der Waals surface area contributed by atoms with E-state index in [1.807, 2.05) is 66.2 Å². The van der Waals surface area contributed by atoms with E-state index < -0.39 is 5.92 Å². The normalized spacial score (nSPS) is 15.1. The van der Waals surface area contributed by atoms with Crippen LogP contribution >= 0.6 is 0 Å². The number of aryl methyl sites for hydroxylation is 1. The maximum Gasteiger partial charge on any atom is 0.244 e. The minimum absolute atomic E-state index is 0.0623. The number of ether oxygens (including phenoxy) is 2. The van der Waals surface area contributed by atoms with Crippen LogP contribution in [0.15, 0.2) is 72.4 Å². The van der Waals surface area contributed by atoms with Crippen molar-refractivity contribution in [1.82, 2.24) is 19.7 Å². The molecule has 1 aliphatic heterocycles. The van der Waals surface area contributed by atoms with Crippen LogP contribution < -0.4 is 15.2 Å². The van der Waals surface area contributed by atoms with Gasteiger partial charge in [0.2, 0.25) is 11.8 Å². The van der Waals surface area contributed by atoms with Crippen molar-refractivity contribution in [3.05, 3.63) is 89.3 Å². The van der Waals surface area contributed by atoms with E-state index in [1.165, 1.54) is 0 Å². The molecule has 8 heteroatoms. The number of nitrogens with one attached hydrogen (secondary N) is 1. The van der Waals surface area contributed by atoms with E-state index in [2.05, 4.69) is 21.3 Å². The Labute approximate surface area is 184 Å². The number of rotatable bonds is 4. The van der Waals surface area contributed by atoms with E-state index in [9.17, 15) is 5.26 Å². The number of hydrogen-bond donors (Lipinski definition) is 2. The Hall–Kier alpha value is -4.51. The summed E-state index contributed by atoms with van der Waals surface area (Å²) in [5, 5.41) is 17.3. The van der Waals surface area contributed by atoms with Crippen LogP contribution in [0.1, 0.15) is 22.9 Å². The lowest BCUT2D eigenvalue weighted by Crippen LogP contribution is -2.21. The standard InChI is InChI=1S/C24H20N6O2/c1-14-27-11-12-30(14)17-7-3-15(4-8-17)20-19(13-25)23(26)32-24-21(20)22(28-29-24)16-5-9-18(31-2)10-6-16/h3-12,20H,26H2,1-2H3,(H,28,29). The Balaban J connectivity index is 1.63. The van der Waals surface area contributed by atoms with Crippen molar-refractivity contribution in [2.75, 3.05) is 7.11 Å². The second kappa shape index (κ2) is 7.63. The zero-order valence-electron chi connectivity index (χ0n) is 17.5. The first-order chi connectivity index (χ1) is 15.6. The van der Waals surface area contributed by atoms with Crippen molar-refractivity contribution < 1.29 is 9.47 Å². The Morgan fingerprint density at radius 1 is 1.16 bits per heavy atom. The topological polar surface area (TPSA) is 115 Å². The molecule has 3 N–H and O–H groups in total. The fourth-order valence-corrected chi connectivity index (χ4v) is 4.03. The summed E-state index contributed by atoms with van der Waals surface area (Å²) in [6.07, 6.45) is 3.67. The van der Waals surface area contributed by atoms with E-state index in [0.717, 1.165) is 39.6 Å². The van der Waals surface area contributed by atoms with Crippen LogP contribution in [0, 0.1) is 18.3 Å². The van der Waals surface area contributed by atoms with Crippen LogP contribution in [0.5, 0.6) is 11.6 Å². The molecule has 5 rings (SSSR count). The number of imidazole rings is 1.